The zero-order valence-corrected chi connectivity index (χ0v) is 13.4. The van der Waals surface area contributed by atoms with Crippen LogP contribution in [0.2, 0.25) is 5.02 Å². The van der Waals surface area contributed by atoms with Gasteiger partial charge in [-0.15, -0.1) is 0 Å². The van der Waals surface area contributed by atoms with Gasteiger partial charge < -0.3 is 9.57 Å². The van der Waals surface area contributed by atoms with Crippen molar-refractivity contribution in [3.8, 4) is 5.75 Å². The number of halogens is 1. The van der Waals surface area contributed by atoms with Gasteiger partial charge in [0.05, 0.1) is 17.7 Å². The van der Waals surface area contributed by atoms with E-state index in [0.717, 1.165) is 0 Å². The van der Waals surface area contributed by atoms with Crippen molar-refractivity contribution in [2.75, 3.05) is 6.61 Å². The van der Waals surface area contributed by atoms with Gasteiger partial charge in [-0.25, -0.2) is 4.79 Å². The number of carbonyl (C=O) groups excluding carboxylic acids is 3. The maximum Gasteiger partial charge on any atom is 0.367 e. The van der Waals surface area contributed by atoms with Crippen LogP contribution in [-0.4, -0.2) is 29.5 Å². The first-order valence-electron chi connectivity index (χ1n) is 7.15. The fraction of sp³-hybridized carbons (Fsp3) is 0.118. The number of ether oxygens (including phenoxy) is 1. The fourth-order valence-electron chi connectivity index (χ4n) is 2.33. The Morgan fingerprint density at radius 2 is 1.71 bits per heavy atom. The summed E-state index contributed by atoms with van der Waals surface area (Å²) in [5.41, 5.74) is 0.402. The highest BCUT2D eigenvalue weighted by Gasteiger charge is 2.39. The molecule has 1 heterocycles. The zero-order chi connectivity index (χ0) is 17.3. The van der Waals surface area contributed by atoms with E-state index in [-0.39, 0.29) is 22.4 Å². The Bertz CT molecular complexity index is 814. The lowest BCUT2D eigenvalue weighted by Gasteiger charge is -2.14. The van der Waals surface area contributed by atoms with E-state index in [1.165, 1.54) is 24.3 Å². The molecule has 0 unspecified atom stereocenters. The number of carbonyl (C=O) groups is 3. The van der Waals surface area contributed by atoms with Crippen molar-refractivity contribution in [2.45, 2.75) is 6.92 Å². The number of hydrogen-bond donors (Lipinski definition) is 0. The summed E-state index contributed by atoms with van der Waals surface area (Å²) in [6, 6.07) is 10.7. The highest BCUT2D eigenvalue weighted by molar-refractivity contribution is 6.31. The molecular weight excluding hydrogens is 334 g/mol. The Labute approximate surface area is 142 Å². The van der Waals surface area contributed by atoms with Gasteiger partial charge in [0.25, 0.3) is 11.8 Å². The van der Waals surface area contributed by atoms with Crippen molar-refractivity contribution in [3.05, 3.63) is 64.2 Å². The average Bonchev–Trinajstić information content (AvgIpc) is 2.82. The first kappa shape index (κ1) is 16.0. The van der Waals surface area contributed by atoms with Gasteiger partial charge >= 0.3 is 5.97 Å². The number of hydrogen-bond acceptors (Lipinski definition) is 5. The van der Waals surface area contributed by atoms with Crippen LogP contribution in [0.1, 0.15) is 38.0 Å². The fourth-order valence-corrected chi connectivity index (χ4v) is 2.50. The summed E-state index contributed by atoms with van der Waals surface area (Å²) < 4.78 is 5.35. The van der Waals surface area contributed by atoms with Crippen LogP contribution < -0.4 is 4.74 Å². The van der Waals surface area contributed by atoms with Crippen LogP contribution in [0.15, 0.2) is 42.5 Å². The number of imide groups is 1. The quantitative estimate of drug-likeness (QED) is 0.796. The lowest BCUT2D eigenvalue weighted by Crippen LogP contribution is -2.32. The van der Waals surface area contributed by atoms with Crippen molar-refractivity contribution in [1.29, 1.82) is 0 Å². The number of nitrogens with zero attached hydrogens (tertiary/aromatic N) is 1. The SMILES string of the molecule is CCOc1ccc(Cl)cc1C(=O)ON1C(=O)c2ccccc2C1=O. The summed E-state index contributed by atoms with van der Waals surface area (Å²) in [7, 11) is 0. The summed E-state index contributed by atoms with van der Waals surface area (Å²) in [6.45, 7) is 2.09. The van der Waals surface area contributed by atoms with Crippen LogP contribution in [0, 0.1) is 0 Å². The third-order valence-corrected chi connectivity index (χ3v) is 3.63. The average molecular weight is 346 g/mol. The summed E-state index contributed by atoms with van der Waals surface area (Å²) in [4.78, 5) is 41.8. The van der Waals surface area contributed by atoms with Crippen molar-refractivity contribution in [2.24, 2.45) is 0 Å². The summed E-state index contributed by atoms with van der Waals surface area (Å²) >= 11 is 5.90. The molecule has 6 nitrogen and oxygen atoms in total. The van der Waals surface area contributed by atoms with Gasteiger partial charge in [-0.1, -0.05) is 28.8 Å². The molecule has 0 aromatic heterocycles. The zero-order valence-electron chi connectivity index (χ0n) is 12.6. The predicted octanol–water partition coefficient (Wildman–Crippen LogP) is 3.11. The van der Waals surface area contributed by atoms with Crippen LogP contribution in [0.5, 0.6) is 5.75 Å². The van der Waals surface area contributed by atoms with E-state index >= 15 is 0 Å². The molecule has 2 aromatic carbocycles. The monoisotopic (exact) mass is 345 g/mol. The second-order valence-electron chi connectivity index (χ2n) is 4.90. The molecule has 0 aliphatic carbocycles. The van der Waals surface area contributed by atoms with Gasteiger partial charge in [0.15, 0.2) is 0 Å². The minimum absolute atomic E-state index is 0.0286. The molecule has 0 saturated heterocycles. The molecule has 0 atom stereocenters. The van der Waals surface area contributed by atoms with Gasteiger partial charge in [0.1, 0.15) is 11.3 Å². The first-order chi connectivity index (χ1) is 11.5. The maximum atomic E-state index is 12.4. The van der Waals surface area contributed by atoms with Gasteiger partial charge in [0, 0.05) is 5.02 Å². The van der Waals surface area contributed by atoms with E-state index < -0.39 is 17.8 Å². The Morgan fingerprint density at radius 1 is 1.08 bits per heavy atom. The molecule has 2 aromatic rings. The van der Waals surface area contributed by atoms with Crippen LogP contribution in [0.3, 0.4) is 0 Å². The predicted molar refractivity (Wildman–Crippen MR) is 85.0 cm³/mol. The van der Waals surface area contributed by atoms with Gasteiger partial charge in [-0.3, -0.25) is 9.59 Å². The lowest BCUT2D eigenvalue weighted by molar-refractivity contribution is -0.0586. The molecule has 0 bridgehead atoms. The molecule has 0 saturated carbocycles. The minimum atomic E-state index is -0.907. The van der Waals surface area contributed by atoms with E-state index in [0.29, 0.717) is 16.7 Å². The van der Waals surface area contributed by atoms with Gasteiger partial charge in [0.2, 0.25) is 0 Å². The second kappa shape index (κ2) is 6.33. The van der Waals surface area contributed by atoms with Gasteiger partial charge in [-0.05, 0) is 37.3 Å². The molecule has 24 heavy (non-hydrogen) atoms. The standard InChI is InChI=1S/C17H12ClNO5/c1-2-23-14-8-7-10(18)9-13(14)17(22)24-19-15(20)11-5-3-4-6-12(11)16(19)21/h3-9H,2H2,1H3. The number of rotatable bonds is 4. The summed E-state index contributed by atoms with van der Waals surface area (Å²) in [6.07, 6.45) is 0. The molecule has 7 heteroatoms. The van der Waals surface area contributed by atoms with Crippen molar-refractivity contribution in [3.63, 3.8) is 0 Å². The molecule has 0 fully saturated rings. The lowest BCUT2D eigenvalue weighted by atomic mass is 10.1. The topological polar surface area (TPSA) is 72.9 Å². The van der Waals surface area contributed by atoms with E-state index in [1.807, 2.05) is 0 Å². The number of benzene rings is 2. The highest BCUT2D eigenvalue weighted by atomic mass is 35.5. The molecule has 1 aliphatic rings. The second-order valence-corrected chi connectivity index (χ2v) is 5.34. The third-order valence-electron chi connectivity index (χ3n) is 3.39. The van der Waals surface area contributed by atoms with Crippen LogP contribution in [0.25, 0.3) is 0 Å². The molecule has 122 valence electrons. The van der Waals surface area contributed by atoms with Crippen molar-refractivity contribution >= 4 is 29.4 Å². The van der Waals surface area contributed by atoms with E-state index in [1.54, 1.807) is 25.1 Å². The van der Waals surface area contributed by atoms with E-state index in [9.17, 15) is 14.4 Å². The number of fused-ring (bicyclic) bond motifs is 1. The molecule has 0 radical (unpaired) electrons. The minimum Gasteiger partial charge on any atom is -0.493 e. The number of hydroxylamine groups is 2. The van der Waals surface area contributed by atoms with Crippen LogP contribution in [0.4, 0.5) is 0 Å². The van der Waals surface area contributed by atoms with Gasteiger partial charge in [-0.2, -0.15) is 0 Å². The van der Waals surface area contributed by atoms with E-state index in [2.05, 4.69) is 0 Å². The Balaban J connectivity index is 1.88. The Kier molecular flexibility index (Phi) is 4.22. The normalized spacial score (nSPS) is 13.0. The van der Waals surface area contributed by atoms with Crippen molar-refractivity contribution < 1.29 is 24.0 Å². The summed E-state index contributed by atoms with van der Waals surface area (Å²) in [5, 5.41) is 0.747. The molecule has 1 aliphatic heterocycles. The first-order valence-corrected chi connectivity index (χ1v) is 7.53. The molecule has 0 N–H and O–H groups in total. The Morgan fingerprint density at radius 3 is 2.29 bits per heavy atom. The summed E-state index contributed by atoms with van der Waals surface area (Å²) in [5.74, 6) is -2.04. The maximum absolute atomic E-state index is 12.4. The highest BCUT2D eigenvalue weighted by Crippen LogP contribution is 2.27. The molecular formula is C17H12ClNO5. The number of amides is 2. The van der Waals surface area contributed by atoms with Crippen molar-refractivity contribution in [1.82, 2.24) is 5.06 Å². The largest absolute Gasteiger partial charge is 0.493 e. The molecule has 2 amide bonds. The Hall–Kier alpha value is -2.86. The van der Waals surface area contributed by atoms with Crippen LogP contribution in [-0.2, 0) is 4.84 Å². The third kappa shape index (κ3) is 2.72. The molecule has 3 rings (SSSR count). The van der Waals surface area contributed by atoms with Crippen LogP contribution >= 0.6 is 11.6 Å². The molecule has 0 spiro atoms. The van der Waals surface area contributed by atoms with E-state index in [4.69, 9.17) is 21.2 Å². The smallest absolute Gasteiger partial charge is 0.367 e.